The molecule has 31 heavy (non-hydrogen) atoms. The molecule has 0 aliphatic rings. The van der Waals surface area contributed by atoms with Gasteiger partial charge in [-0.3, -0.25) is 4.79 Å². The molecular formula is C20H19F3N4O4. The van der Waals surface area contributed by atoms with Gasteiger partial charge in [0.05, 0.1) is 11.3 Å². The molecule has 0 aliphatic heterocycles. The summed E-state index contributed by atoms with van der Waals surface area (Å²) >= 11 is 0. The van der Waals surface area contributed by atoms with Gasteiger partial charge in [-0.2, -0.15) is 9.36 Å². The number of ether oxygens (including phenoxy) is 2. The van der Waals surface area contributed by atoms with Crippen LogP contribution in [-0.4, -0.2) is 31.9 Å². The first-order valence-corrected chi connectivity index (χ1v) is 9.10. The SMILES string of the molecule is CC(=O)c1cc(C)c(OCc2c(OC(F)(F)F)cccc2-n2nnn(C)c2=O)cc1C. The van der Waals surface area contributed by atoms with Gasteiger partial charge in [-0.05, 0) is 66.6 Å². The second-order valence-electron chi connectivity index (χ2n) is 6.88. The lowest BCUT2D eigenvalue weighted by molar-refractivity contribution is -0.275. The van der Waals surface area contributed by atoms with Crippen LogP contribution in [0, 0.1) is 13.8 Å². The fraction of sp³-hybridized carbons (Fsp3) is 0.300. The number of nitrogens with zero attached hydrogens (tertiary/aromatic N) is 4. The van der Waals surface area contributed by atoms with Gasteiger partial charge in [0.1, 0.15) is 18.1 Å². The topological polar surface area (TPSA) is 88.2 Å². The standard InChI is InChI=1S/C20H19F3N4O4/c1-11-9-18(12(2)8-14(11)13(3)28)30-10-15-16(27-19(29)26(4)24-25-27)6-5-7-17(15)31-20(21,22)23/h5-9H,10H2,1-4H3. The number of aryl methyl sites for hydroxylation is 3. The normalized spacial score (nSPS) is 11.5. The van der Waals surface area contributed by atoms with Crippen molar-refractivity contribution in [3.63, 3.8) is 0 Å². The highest BCUT2D eigenvalue weighted by Crippen LogP contribution is 2.32. The summed E-state index contributed by atoms with van der Waals surface area (Å²) < 4.78 is 50.5. The molecule has 2 aromatic carbocycles. The van der Waals surface area contributed by atoms with E-state index in [0.29, 0.717) is 22.4 Å². The lowest BCUT2D eigenvalue weighted by atomic mass is 10.0. The third-order valence-corrected chi connectivity index (χ3v) is 4.56. The minimum absolute atomic E-state index is 0.0366. The van der Waals surface area contributed by atoms with E-state index in [9.17, 15) is 22.8 Å². The lowest BCUT2D eigenvalue weighted by Gasteiger charge is -2.18. The van der Waals surface area contributed by atoms with Crippen LogP contribution in [0.15, 0.2) is 35.1 Å². The van der Waals surface area contributed by atoms with Crippen LogP contribution in [0.1, 0.15) is 34.0 Å². The third kappa shape index (κ3) is 4.76. The molecule has 0 aliphatic carbocycles. The summed E-state index contributed by atoms with van der Waals surface area (Å²) in [5.41, 5.74) is 1.16. The molecule has 0 spiro atoms. The Kier molecular flexibility index (Phi) is 5.87. The predicted octanol–water partition coefficient (Wildman–Crippen LogP) is 3.26. The smallest absolute Gasteiger partial charge is 0.488 e. The molecule has 0 saturated heterocycles. The lowest BCUT2D eigenvalue weighted by Crippen LogP contribution is -2.24. The summed E-state index contributed by atoms with van der Waals surface area (Å²) in [6.07, 6.45) is -4.95. The number of hydrogen-bond acceptors (Lipinski definition) is 6. The number of hydrogen-bond donors (Lipinski definition) is 0. The predicted molar refractivity (Wildman–Crippen MR) is 104 cm³/mol. The maximum Gasteiger partial charge on any atom is 0.573 e. The molecule has 0 fully saturated rings. The molecular weight excluding hydrogens is 417 g/mol. The summed E-state index contributed by atoms with van der Waals surface area (Å²) in [5.74, 6) is -0.264. The highest BCUT2D eigenvalue weighted by molar-refractivity contribution is 5.95. The molecule has 164 valence electrons. The number of carbonyl (C=O) groups excluding carboxylic acids is 1. The van der Waals surface area contributed by atoms with Crippen LogP contribution in [0.2, 0.25) is 0 Å². The minimum atomic E-state index is -4.95. The molecule has 0 bridgehead atoms. The van der Waals surface area contributed by atoms with E-state index in [1.807, 2.05) is 0 Å². The third-order valence-electron chi connectivity index (χ3n) is 4.56. The number of halogens is 3. The monoisotopic (exact) mass is 436 g/mol. The van der Waals surface area contributed by atoms with E-state index < -0.39 is 17.8 Å². The van der Waals surface area contributed by atoms with Crippen LogP contribution in [0.3, 0.4) is 0 Å². The van der Waals surface area contributed by atoms with Crippen LogP contribution < -0.4 is 15.2 Å². The Balaban J connectivity index is 2.05. The average molecular weight is 436 g/mol. The number of aromatic nitrogens is 4. The van der Waals surface area contributed by atoms with E-state index in [4.69, 9.17) is 4.74 Å². The summed E-state index contributed by atoms with van der Waals surface area (Å²) in [4.78, 5) is 24.0. The van der Waals surface area contributed by atoms with Crippen LogP contribution in [0.4, 0.5) is 13.2 Å². The van der Waals surface area contributed by atoms with Gasteiger partial charge < -0.3 is 9.47 Å². The second kappa shape index (κ2) is 8.25. The Morgan fingerprint density at radius 2 is 1.81 bits per heavy atom. The van der Waals surface area contributed by atoms with Gasteiger partial charge in [-0.25, -0.2) is 4.79 Å². The molecule has 1 aromatic heterocycles. The zero-order chi connectivity index (χ0) is 22.9. The first-order valence-electron chi connectivity index (χ1n) is 9.10. The van der Waals surface area contributed by atoms with Crippen LogP contribution in [-0.2, 0) is 13.7 Å². The number of Topliss-reactive ketones (excluding diaryl/α,β-unsaturated/α-hetero) is 1. The van der Waals surface area contributed by atoms with E-state index in [1.165, 1.54) is 26.1 Å². The quantitative estimate of drug-likeness (QED) is 0.551. The Morgan fingerprint density at radius 3 is 2.39 bits per heavy atom. The van der Waals surface area contributed by atoms with Gasteiger partial charge in [0.15, 0.2) is 5.78 Å². The number of benzene rings is 2. The van der Waals surface area contributed by atoms with Crippen LogP contribution >= 0.6 is 0 Å². The maximum atomic E-state index is 12.9. The Morgan fingerprint density at radius 1 is 1.10 bits per heavy atom. The molecule has 3 rings (SSSR count). The van der Waals surface area contributed by atoms with E-state index in [0.717, 1.165) is 15.4 Å². The molecule has 8 nitrogen and oxygen atoms in total. The van der Waals surface area contributed by atoms with Crippen molar-refractivity contribution in [1.29, 1.82) is 0 Å². The molecule has 0 atom stereocenters. The van der Waals surface area contributed by atoms with Gasteiger partial charge in [0, 0.05) is 12.6 Å². The summed E-state index contributed by atoms with van der Waals surface area (Å²) in [7, 11) is 1.36. The van der Waals surface area contributed by atoms with Crippen molar-refractivity contribution in [2.75, 3.05) is 0 Å². The van der Waals surface area contributed by atoms with E-state index in [2.05, 4.69) is 15.2 Å². The van der Waals surface area contributed by atoms with Gasteiger partial charge in [-0.15, -0.1) is 13.2 Å². The number of rotatable bonds is 6. The van der Waals surface area contributed by atoms with Crippen molar-refractivity contribution in [1.82, 2.24) is 19.8 Å². The van der Waals surface area contributed by atoms with E-state index in [1.54, 1.807) is 26.0 Å². The number of carbonyl (C=O) groups is 1. The molecule has 0 radical (unpaired) electrons. The van der Waals surface area contributed by atoms with Crippen LogP contribution in [0.5, 0.6) is 11.5 Å². The molecule has 0 unspecified atom stereocenters. The molecule has 0 amide bonds. The highest BCUT2D eigenvalue weighted by Gasteiger charge is 2.33. The molecule has 11 heteroatoms. The molecule has 1 heterocycles. The fourth-order valence-electron chi connectivity index (χ4n) is 3.06. The van der Waals surface area contributed by atoms with Crippen molar-refractivity contribution in [2.24, 2.45) is 7.05 Å². The largest absolute Gasteiger partial charge is 0.573 e. The van der Waals surface area contributed by atoms with Crippen LogP contribution in [0.25, 0.3) is 5.69 Å². The van der Waals surface area contributed by atoms with Gasteiger partial charge in [-0.1, -0.05) is 6.07 Å². The zero-order valence-electron chi connectivity index (χ0n) is 17.1. The van der Waals surface area contributed by atoms with Crippen molar-refractivity contribution in [3.05, 3.63) is 63.1 Å². The average Bonchev–Trinajstić information content (AvgIpc) is 3.00. The molecule has 0 saturated carbocycles. The number of alkyl halides is 3. The van der Waals surface area contributed by atoms with Gasteiger partial charge in [0.2, 0.25) is 0 Å². The minimum Gasteiger partial charge on any atom is -0.488 e. The highest BCUT2D eigenvalue weighted by atomic mass is 19.4. The molecule has 0 N–H and O–H groups in total. The first kappa shape index (κ1) is 22.1. The van der Waals surface area contributed by atoms with Crippen molar-refractivity contribution in [3.8, 4) is 17.2 Å². The fourth-order valence-corrected chi connectivity index (χ4v) is 3.06. The Hall–Kier alpha value is -3.63. The summed E-state index contributed by atoms with van der Waals surface area (Å²) in [6.45, 7) is 4.53. The first-order chi connectivity index (χ1) is 14.5. The Labute approximate surface area is 174 Å². The number of ketones is 1. The van der Waals surface area contributed by atoms with Crippen molar-refractivity contribution in [2.45, 2.75) is 33.7 Å². The number of tetrazole rings is 1. The van der Waals surface area contributed by atoms with Gasteiger partial charge >= 0.3 is 12.1 Å². The van der Waals surface area contributed by atoms with E-state index in [-0.39, 0.29) is 23.6 Å². The zero-order valence-corrected chi connectivity index (χ0v) is 17.1. The maximum absolute atomic E-state index is 12.9. The second-order valence-corrected chi connectivity index (χ2v) is 6.88. The Bertz CT molecular complexity index is 1200. The van der Waals surface area contributed by atoms with E-state index >= 15 is 0 Å². The summed E-state index contributed by atoms with van der Waals surface area (Å²) in [6, 6.07) is 7.12. The van der Waals surface area contributed by atoms with Crippen molar-refractivity contribution >= 4 is 5.78 Å². The summed E-state index contributed by atoms with van der Waals surface area (Å²) in [5, 5.41) is 7.28. The van der Waals surface area contributed by atoms with Crippen molar-refractivity contribution < 1.29 is 27.4 Å². The van der Waals surface area contributed by atoms with Gasteiger partial charge in [0.25, 0.3) is 0 Å². The molecule has 3 aromatic rings.